The van der Waals surface area contributed by atoms with E-state index >= 15 is 0 Å². The predicted molar refractivity (Wildman–Crippen MR) is 61.6 cm³/mol. The number of aromatic nitrogens is 3. The molecular weight excluding hydrogens is 188 g/mol. The lowest BCUT2D eigenvalue weighted by molar-refractivity contribution is 0.245. The van der Waals surface area contributed by atoms with Crippen LogP contribution in [0.4, 0.5) is 0 Å². The summed E-state index contributed by atoms with van der Waals surface area (Å²) in [6, 6.07) is 0. The summed E-state index contributed by atoms with van der Waals surface area (Å²) in [7, 11) is 3.97. The number of nitrogens with zero attached hydrogens (tertiary/aromatic N) is 3. The van der Waals surface area contributed by atoms with Crippen LogP contribution < -0.4 is 5.32 Å². The number of nitrogens with one attached hydrogen (secondary N) is 1. The molecule has 0 unspecified atom stereocenters. The first-order valence-electron chi connectivity index (χ1n) is 5.65. The Balaban J connectivity index is 2.78. The molecule has 4 nitrogen and oxygen atoms in total. The van der Waals surface area contributed by atoms with E-state index in [4.69, 9.17) is 0 Å². The quantitative estimate of drug-likeness (QED) is 0.771. The number of hydrogen-bond donors (Lipinski definition) is 1. The number of aryl methyl sites for hydroxylation is 1. The standard InChI is InChI=1S/C11H22N4/c1-5-11(6-2,8-12-3)7-10-13-9-14-15(10)4/h9,12H,5-8H2,1-4H3. The Morgan fingerprint density at radius 2 is 2.07 bits per heavy atom. The van der Waals surface area contributed by atoms with Gasteiger partial charge in [0.15, 0.2) is 0 Å². The van der Waals surface area contributed by atoms with Crippen LogP contribution in [0, 0.1) is 5.41 Å². The average molecular weight is 210 g/mol. The van der Waals surface area contributed by atoms with Crippen LogP contribution >= 0.6 is 0 Å². The first kappa shape index (κ1) is 12.2. The SMILES string of the molecule is CCC(CC)(CNC)Cc1ncnn1C. The predicted octanol–water partition coefficient (Wildman–Crippen LogP) is 1.38. The lowest BCUT2D eigenvalue weighted by Crippen LogP contribution is -2.34. The van der Waals surface area contributed by atoms with E-state index in [-0.39, 0.29) is 0 Å². The fourth-order valence-electron chi connectivity index (χ4n) is 2.00. The molecule has 0 saturated heterocycles. The summed E-state index contributed by atoms with van der Waals surface area (Å²) in [5.41, 5.74) is 0.315. The summed E-state index contributed by atoms with van der Waals surface area (Å²) in [5.74, 6) is 1.08. The maximum atomic E-state index is 4.30. The second-order valence-electron chi connectivity index (χ2n) is 4.21. The van der Waals surface area contributed by atoms with E-state index in [0.717, 1.165) is 31.6 Å². The molecule has 1 rings (SSSR count). The molecular formula is C11H22N4. The minimum absolute atomic E-state index is 0.315. The molecule has 0 radical (unpaired) electrons. The van der Waals surface area contributed by atoms with Gasteiger partial charge < -0.3 is 5.32 Å². The van der Waals surface area contributed by atoms with E-state index in [2.05, 4.69) is 29.2 Å². The van der Waals surface area contributed by atoms with Gasteiger partial charge in [0.1, 0.15) is 12.2 Å². The first-order chi connectivity index (χ1) is 7.17. The largest absolute Gasteiger partial charge is 0.319 e. The van der Waals surface area contributed by atoms with Gasteiger partial charge in [-0.1, -0.05) is 13.8 Å². The zero-order valence-corrected chi connectivity index (χ0v) is 10.2. The molecule has 0 aromatic carbocycles. The Morgan fingerprint density at radius 1 is 1.40 bits per heavy atom. The van der Waals surface area contributed by atoms with Crippen LogP contribution in [0.5, 0.6) is 0 Å². The zero-order valence-electron chi connectivity index (χ0n) is 10.2. The molecule has 4 heteroatoms. The van der Waals surface area contributed by atoms with Gasteiger partial charge in [0.2, 0.25) is 0 Å². The molecule has 0 aliphatic heterocycles. The summed E-state index contributed by atoms with van der Waals surface area (Å²) in [6.07, 6.45) is 4.95. The Labute approximate surface area is 92.1 Å². The van der Waals surface area contributed by atoms with Gasteiger partial charge in [-0.2, -0.15) is 5.10 Å². The van der Waals surface area contributed by atoms with Gasteiger partial charge in [-0.05, 0) is 25.3 Å². The fraction of sp³-hybridized carbons (Fsp3) is 0.818. The molecule has 0 saturated carbocycles. The van der Waals surface area contributed by atoms with E-state index in [0.29, 0.717) is 5.41 Å². The molecule has 0 bridgehead atoms. The third kappa shape index (κ3) is 2.78. The van der Waals surface area contributed by atoms with Gasteiger partial charge in [0.25, 0.3) is 0 Å². The van der Waals surface area contributed by atoms with Crippen molar-refractivity contribution >= 4 is 0 Å². The minimum atomic E-state index is 0.315. The van der Waals surface area contributed by atoms with Crippen LogP contribution in [0.25, 0.3) is 0 Å². The highest BCUT2D eigenvalue weighted by Gasteiger charge is 2.27. The van der Waals surface area contributed by atoms with Crippen LogP contribution in [0.2, 0.25) is 0 Å². The van der Waals surface area contributed by atoms with Crippen LogP contribution in [-0.4, -0.2) is 28.4 Å². The summed E-state index contributed by atoms with van der Waals surface area (Å²) in [4.78, 5) is 4.30. The molecule has 1 heterocycles. The number of rotatable bonds is 6. The molecule has 86 valence electrons. The molecule has 0 atom stereocenters. The molecule has 0 spiro atoms. The van der Waals surface area contributed by atoms with Gasteiger partial charge in [-0.3, -0.25) is 4.68 Å². The minimum Gasteiger partial charge on any atom is -0.319 e. The average Bonchev–Trinajstić information content (AvgIpc) is 2.63. The zero-order chi connectivity index (χ0) is 11.3. The summed E-state index contributed by atoms with van der Waals surface area (Å²) in [6.45, 7) is 5.53. The van der Waals surface area contributed by atoms with Crippen molar-refractivity contribution in [2.75, 3.05) is 13.6 Å². The second kappa shape index (κ2) is 5.26. The topological polar surface area (TPSA) is 42.7 Å². The molecule has 1 N–H and O–H groups in total. The third-order valence-electron chi connectivity index (χ3n) is 3.39. The summed E-state index contributed by atoms with van der Waals surface area (Å²) < 4.78 is 1.87. The van der Waals surface area contributed by atoms with Crippen LogP contribution in [0.15, 0.2) is 6.33 Å². The monoisotopic (exact) mass is 210 g/mol. The molecule has 1 aromatic heterocycles. The van der Waals surface area contributed by atoms with Crippen molar-refractivity contribution in [2.24, 2.45) is 12.5 Å². The van der Waals surface area contributed by atoms with Crippen molar-refractivity contribution in [3.8, 4) is 0 Å². The van der Waals surface area contributed by atoms with Crippen molar-refractivity contribution < 1.29 is 0 Å². The van der Waals surface area contributed by atoms with Gasteiger partial charge in [0.05, 0.1) is 0 Å². The van der Waals surface area contributed by atoms with E-state index < -0.39 is 0 Å². The Kier molecular flexibility index (Phi) is 4.27. The lowest BCUT2D eigenvalue weighted by Gasteiger charge is -2.31. The maximum Gasteiger partial charge on any atom is 0.138 e. The molecule has 0 amide bonds. The second-order valence-corrected chi connectivity index (χ2v) is 4.21. The van der Waals surface area contributed by atoms with Crippen LogP contribution in [0.3, 0.4) is 0 Å². The normalized spacial score (nSPS) is 12.0. The Hall–Kier alpha value is -0.900. The molecule has 0 aliphatic rings. The van der Waals surface area contributed by atoms with Crippen molar-refractivity contribution in [3.05, 3.63) is 12.2 Å². The first-order valence-corrected chi connectivity index (χ1v) is 5.65. The van der Waals surface area contributed by atoms with Gasteiger partial charge in [-0.15, -0.1) is 0 Å². The summed E-state index contributed by atoms with van der Waals surface area (Å²) in [5, 5.41) is 7.40. The maximum absolute atomic E-state index is 4.30. The van der Waals surface area contributed by atoms with Gasteiger partial charge in [-0.25, -0.2) is 4.98 Å². The van der Waals surface area contributed by atoms with E-state index in [9.17, 15) is 0 Å². The summed E-state index contributed by atoms with van der Waals surface area (Å²) >= 11 is 0. The highest BCUT2D eigenvalue weighted by molar-refractivity contribution is 4.93. The fourth-order valence-corrected chi connectivity index (χ4v) is 2.00. The van der Waals surface area contributed by atoms with Crippen molar-refractivity contribution in [1.82, 2.24) is 20.1 Å². The Morgan fingerprint density at radius 3 is 2.47 bits per heavy atom. The molecule has 1 aromatic rings. The van der Waals surface area contributed by atoms with Gasteiger partial charge in [0, 0.05) is 20.0 Å². The highest BCUT2D eigenvalue weighted by atomic mass is 15.3. The lowest BCUT2D eigenvalue weighted by atomic mass is 9.79. The smallest absolute Gasteiger partial charge is 0.138 e. The van der Waals surface area contributed by atoms with E-state index in [1.807, 2.05) is 18.8 Å². The third-order valence-corrected chi connectivity index (χ3v) is 3.39. The van der Waals surface area contributed by atoms with Gasteiger partial charge >= 0.3 is 0 Å². The van der Waals surface area contributed by atoms with Crippen LogP contribution in [0.1, 0.15) is 32.5 Å². The van der Waals surface area contributed by atoms with E-state index in [1.165, 1.54) is 0 Å². The molecule has 15 heavy (non-hydrogen) atoms. The van der Waals surface area contributed by atoms with Crippen molar-refractivity contribution in [1.29, 1.82) is 0 Å². The highest BCUT2D eigenvalue weighted by Crippen LogP contribution is 2.29. The van der Waals surface area contributed by atoms with E-state index in [1.54, 1.807) is 6.33 Å². The van der Waals surface area contributed by atoms with Crippen molar-refractivity contribution in [3.63, 3.8) is 0 Å². The molecule has 0 aliphatic carbocycles. The Bertz CT molecular complexity index is 289. The van der Waals surface area contributed by atoms with Crippen molar-refractivity contribution in [2.45, 2.75) is 33.1 Å². The molecule has 0 fully saturated rings. The van der Waals surface area contributed by atoms with Crippen LogP contribution in [-0.2, 0) is 13.5 Å². The number of hydrogen-bond acceptors (Lipinski definition) is 3.